The van der Waals surface area contributed by atoms with Crippen molar-refractivity contribution in [1.82, 2.24) is 0 Å². The second-order valence-electron chi connectivity index (χ2n) is 6.41. The maximum atomic E-state index is 12.3. The number of carbonyl (C=O) groups excluding carboxylic acids is 3. The molecule has 2 aromatic carbocycles. The topological polar surface area (TPSA) is 72.5 Å². The van der Waals surface area contributed by atoms with E-state index in [1.54, 1.807) is 18.2 Å². The predicted molar refractivity (Wildman–Crippen MR) is 105 cm³/mol. The molecule has 0 atom stereocenters. The van der Waals surface area contributed by atoms with Gasteiger partial charge in [0.25, 0.3) is 5.91 Å². The van der Waals surface area contributed by atoms with E-state index in [0.717, 1.165) is 16.7 Å². The van der Waals surface area contributed by atoms with E-state index in [1.807, 2.05) is 39.0 Å². The van der Waals surface area contributed by atoms with Gasteiger partial charge in [0.15, 0.2) is 12.4 Å². The third kappa shape index (κ3) is 6.22. The molecule has 6 heteroatoms. The normalized spacial score (nSPS) is 10.4. The summed E-state index contributed by atoms with van der Waals surface area (Å²) < 4.78 is 4.95. The fraction of sp³-hybridized carbons (Fsp3) is 0.286. The Labute approximate surface area is 163 Å². The minimum atomic E-state index is -0.591. The summed E-state index contributed by atoms with van der Waals surface area (Å²) in [5.74, 6) is -1.17. The van der Waals surface area contributed by atoms with Gasteiger partial charge in [-0.3, -0.25) is 14.4 Å². The Kier molecular flexibility index (Phi) is 7.13. The second-order valence-corrected chi connectivity index (χ2v) is 6.85. The van der Waals surface area contributed by atoms with E-state index >= 15 is 0 Å². The quantitative estimate of drug-likeness (QED) is 0.564. The van der Waals surface area contributed by atoms with E-state index in [0.29, 0.717) is 16.3 Å². The molecule has 1 N–H and O–H groups in total. The van der Waals surface area contributed by atoms with E-state index < -0.39 is 18.5 Å². The van der Waals surface area contributed by atoms with Crippen molar-refractivity contribution in [3.8, 4) is 0 Å². The monoisotopic (exact) mass is 387 g/mol. The molecule has 142 valence electrons. The van der Waals surface area contributed by atoms with E-state index in [9.17, 15) is 14.4 Å². The summed E-state index contributed by atoms with van der Waals surface area (Å²) in [5.41, 5.74) is 3.87. The number of benzene rings is 2. The predicted octanol–water partition coefficient (Wildman–Crippen LogP) is 4.41. The van der Waals surface area contributed by atoms with Gasteiger partial charge in [0, 0.05) is 22.7 Å². The fourth-order valence-corrected chi connectivity index (χ4v) is 2.69. The lowest BCUT2D eigenvalue weighted by Crippen LogP contribution is -2.21. The SMILES string of the molecule is Cc1ccc(C)c(C(=O)CCC(=O)OCC(=O)Nc2cc(Cl)ccc2C)c1. The molecule has 0 aliphatic heterocycles. The van der Waals surface area contributed by atoms with Gasteiger partial charge in [-0.1, -0.05) is 35.4 Å². The molecule has 0 aliphatic rings. The van der Waals surface area contributed by atoms with Crippen molar-refractivity contribution in [1.29, 1.82) is 0 Å². The molecule has 0 radical (unpaired) electrons. The lowest BCUT2D eigenvalue weighted by molar-refractivity contribution is -0.147. The molecule has 0 saturated heterocycles. The summed E-state index contributed by atoms with van der Waals surface area (Å²) in [6, 6.07) is 10.7. The number of hydrogen-bond donors (Lipinski definition) is 1. The van der Waals surface area contributed by atoms with Crippen molar-refractivity contribution < 1.29 is 19.1 Å². The van der Waals surface area contributed by atoms with Gasteiger partial charge in [-0.15, -0.1) is 0 Å². The Hall–Kier alpha value is -2.66. The highest BCUT2D eigenvalue weighted by Gasteiger charge is 2.14. The maximum Gasteiger partial charge on any atom is 0.306 e. The number of ether oxygens (including phenoxy) is 1. The average molecular weight is 388 g/mol. The van der Waals surface area contributed by atoms with Crippen LogP contribution in [0.4, 0.5) is 5.69 Å². The van der Waals surface area contributed by atoms with Crippen LogP contribution in [0.3, 0.4) is 0 Å². The van der Waals surface area contributed by atoms with Crippen molar-refractivity contribution in [2.24, 2.45) is 0 Å². The number of esters is 1. The first kappa shape index (κ1) is 20.6. The molecule has 0 heterocycles. The number of amides is 1. The minimum absolute atomic E-state index is 0.0398. The summed E-state index contributed by atoms with van der Waals surface area (Å²) in [5, 5.41) is 3.14. The van der Waals surface area contributed by atoms with E-state index in [-0.39, 0.29) is 18.6 Å². The van der Waals surface area contributed by atoms with Gasteiger partial charge < -0.3 is 10.1 Å². The summed E-state index contributed by atoms with van der Waals surface area (Å²) in [6.07, 6.45) is -0.0339. The Balaban J connectivity index is 1.80. The molecular weight excluding hydrogens is 366 g/mol. The highest BCUT2D eigenvalue weighted by atomic mass is 35.5. The van der Waals surface area contributed by atoms with Crippen molar-refractivity contribution in [3.05, 3.63) is 63.7 Å². The minimum Gasteiger partial charge on any atom is -0.456 e. The molecule has 2 aromatic rings. The highest BCUT2D eigenvalue weighted by molar-refractivity contribution is 6.31. The highest BCUT2D eigenvalue weighted by Crippen LogP contribution is 2.20. The van der Waals surface area contributed by atoms with Crippen molar-refractivity contribution in [3.63, 3.8) is 0 Å². The van der Waals surface area contributed by atoms with Crippen molar-refractivity contribution in [2.45, 2.75) is 33.6 Å². The summed E-state index contributed by atoms with van der Waals surface area (Å²) in [7, 11) is 0. The van der Waals surface area contributed by atoms with Crippen LogP contribution >= 0.6 is 11.6 Å². The first-order valence-electron chi connectivity index (χ1n) is 8.58. The van der Waals surface area contributed by atoms with Crippen molar-refractivity contribution >= 4 is 34.9 Å². The molecule has 0 saturated carbocycles. The van der Waals surface area contributed by atoms with Crippen LogP contribution in [0.2, 0.25) is 5.02 Å². The molecule has 0 fully saturated rings. The maximum absolute atomic E-state index is 12.3. The third-order valence-corrected chi connectivity index (χ3v) is 4.32. The number of anilines is 1. The van der Waals surface area contributed by atoms with Crippen molar-refractivity contribution in [2.75, 3.05) is 11.9 Å². The third-order valence-electron chi connectivity index (χ3n) is 4.09. The number of ketones is 1. The number of nitrogens with one attached hydrogen (secondary N) is 1. The van der Waals surface area contributed by atoms with Crippen LogP contribution in [-0.2, 0) is 14.3 Å². The smallest absolute Gasteiger partial charge is 0.306 e. The Morgan fingerprint density at radius 1 is 0.963 bits per heavy atom. The van der Waals surface area contributed by atoms with Crippen LogP contribution in [0, 0.1) is 20.8 Å². The molecule has 0 bridgehead atoms. The standard InChI is InChI=1S/C21H22ClNO4/c1-13-4-5-14(2)17(10-13)19(24)8-9-21(26)27-12-20(25)23-18-11-16(22)7-6-15(18)3/h4-7,10-11H,8-9,12H2,1-3H3,(H,23,25). The largest absolute Gasteiger partial charge is 0.456 e. The first-order valence-corrected chi connectivity index (χ1v) is 8.96. The number of Topliss-reactive ketones (excluding diaryl/α,β-unsaturated/α-hetero) is 1. The Morgan fingerprint density at radius 3 is 2.41 bits per heavy atom. The summed E-state index contributed by atoms with van der Waals surface area (Å²) >= 11 is 5.90. The van der Waals surface area contributed by atoms with Crippen LogP contribution < -0.4 is 5.32 Å². The number of carbonyl (C=O) groups is 3. The van der Waals surface area contributed by atoms with E-state index in [4.69, 9.17) is 16.3 Å². The molecule has 0 aliphatic carbocycles. The van der Waals surface area contributed by atoms with Crippen LogP contribution in [0.5, 0.6) is 0 Å². The molecule has 0 unspecified atom stereocenters. The molecule has 27 heavy (non-hydrogen) atoms. The Morgan fingerprint density at radius 2 is 1.67 bits per heavy atom. The number of halogens is 1. The van der Waals surface area contributed by atoms with Gasteiger partial charge in [-0.05, 0) is 50.1 Å². The number of hydrogen-bond acceptors (Lipinski definition) is 4. The zero-order valence-corrected chi connectivity index (χ0v) is 16.4. The van der Waals surface area contributed by atoms with Gasteiger partial charge in [0.1, 0.15) is 0 Å². The number of aryl methyl sites for hydroxylation is 3. The van der Waals surface area contributed by atoms with Gasteiger partial charge in [-0.2, -0.15) is 0 Å². The van der Waals surface area contributed by atoms with E-state index in [1.165, 1.54) is 0 Å². The molecule has 2 rings (SSSR count). The van der Waals surface area contributed by atoms with Crippen LogP contribution in [-0.4, -0.2) is 24.3 Å². The summed E-state index contributed by atoms with van der Waals surface area (Å²) in [6.45, 7) is 5.18. The fourth-order valence-electron chi connectivity index (χ4n) is 2.52. The summed E-state index contributed by atoms with van der Waals surface area (Å²) in [4.78, 5) is 36.0. The van der Waals surface area contributed by atoms with Gasteiger partial charge in [0.2, 0.25) is 0 Å². The first-order chi connectivity index (χ1) is 12.8. The van der Waals surface area contributed by atoms with Crippen LogP contribution in [0.1, 0.15) is 39.9 Å². The second kappa shape index (κ2) is 9.33. The van der Waals surface area contributed by atoms with Gasteiger partial charge in [-0.25, -0.2) is 0 Å². The average Bonchev–Trinajstić information content (AvgIpc) is 2.63. The van der Waals surface area contributed by atoms with E-state index in [2.05, 4.69) is 5.32 Å². The molecule has 0 aromatic heterocycles. The molecule has 5 nitrogen and oxygen atoms in total. The zero-order chi connectivity index (χ0) is 20.0. The van der Waals surface area contributed by atoms with Gasteiger partial charge in [0.05, 0.1) is 6.42 Å². The van der Waals surface area contributed by atoms with Crippen LogP contribution in [0.15, 0.2) is 36.4 Å². The Bertz CT molecular complexity index is 876. The molecule has 0 spiro atoms. The van der Waals surface area contributed by atoms with Gasteiger partial charge >= 0.3 is 5.97 Å². The number of rotatable bonds is 7. The molecule has 1 amide bonds. The lowest BCUT2D eigenvalue weighted by Gasteiger charge is -2.09. The zero-order valence-electron chi connectivity index (χ0n) is 15.6. The molecular formula is C21H22ClNO4. The lowest BCUT2D eigenvalue weighted by atomic mass is 9.99. The van der Waals surface area contributed by atoms with Crippen LogP contribution in [0.25, 0.3) is 0 Å².